The molecule has 2 aliphatic heterocycles. The van der Waals surface area contributed by atoms with E-state index in [4.69, 9.17) is 14.7 Å². The average molecular weight is 524 g/mol. The molecule has 2 unspecified atom stereocenters. The zero-order chi connectivity index (χ0) is 26.0. The van der Waals surface area contributed by atoms with Gasteiger partial charge < -0.3 is 14.4 Å². The van der Waals surface area contributed by atoms with Crippen LogP contribution in [0.5, 0.6) is 11.5 Å². The van der Waals surface area contributed by atoms with E-state index in [9.17, 15) is 13.2 Å². The Balaban J connectivity index is 1.13. The number of fused-ring (bicyclic) bond motifs is 3. The first-order valence-electron chi connectivity index (χ1n) is 12.9. The molecule has 2 fully saturated rings. The summed E-state index contributed by atoms with van der Waals surface area (Å²) >= 11 is 0. The second-order valence-corrected chi connectivity index (χ2v) is 12.5. The third-order valence-electron chi connectivity index (χ3n) is 7.86. The maximum Gasteiger partial charge on any atom is 0.178 e. The molecule has 2 atom stereocenters. The molecule has 8 nitrogen and oxygen atoms in total. The minimum Gasteiger partial charge on any atom is -0.486 e. The molecule has 3 aliphatic rings. The number of piperidine rings is 1. The number of ketones is 1. The van der Waals surface area contributed by atoms with Gasteiger partial charge in [-0.2, -0.15) is 5.26 Å². The van der Waals surface area contributed by atoms with Crippen LogP contribution < -0.4 is 9.47 Å². The molecule has 1 aliphatic carbocycles. The fraction of sp³-hybridized carbons (Fsp3) is 0.500. The zero-order valence-corrected chi connectivity index (χ0v) is 22.0. The van der Waals surface area contributed by atoms with Crippen LogP contribution in [0.1, 0.15) is 35.2 Å². The van der Waals surface area contributed by atoms with Gasteiger partial charge in [-0.3, -0.25) is 9.69 Å². The molecule has 1 saturated heterocycles. The normalized spacial score (nSPS) is 23.1. The Morgan fingerprint density at radius 1 is 1.05 bits per heavy atom. The summed E-state index contributed by atoms with van der Waals surface area (Å²) in [5, 5.41) is 8.92. The van der Waals surface area contributed by atoms with E-state index >= 15 is 0 Å². The van der Waals surface area contributed by atoms with Gasteiger partial charge >= 0.3 is 0 Å². The molecule has 2 aromatic rings. The Kier molecular flexibility index (Phi) is 7.52. The molecule has 0 N–H and O–H groups in total. The summed E-state index contributed by atoms with van der Waals surface area (Å²) in [7, 11) is -1.32. The number of hydrogen-bond donors (Lipinski definition) is 0. The van der Waals surface area contributed by atoms with Crippen molar-refractivity contribution in [2.45, 2.75) is 30.2 Å². The number of hydrogen-bond acceptors (Lipinski definition) is 8. The molecule has 0 aromatic heterocycles. The third-order valence-corrected chi connectivity index (χ3v) is 9.67. The van der Waals surface area contributed by atoms with Gasteiger partial charge in [-0.15, -0.1) is 0 Å². The van der Waals surface area contributed by atoms with Crippen LogP contribution in [-0.2, 0) is 9.84 Å². The predicted molar refractivity (Wildman–Crippen MR) is 139 cm³/mol. The summed E-state index contributed by atoms with van der Waals surface area (Å²) in [5.74, 6) is 2.45. The topological polar surface area (TPSA) is 99.9 Å². The summed E-state index contributed by atoms with van der Waals surface area (Å²) in [6.45, 7) is 3.99. The van der Waals surface area contributed by atoms with Gasteiger partial charge in [0.15, 0.2) is 27.1 Å². The number of carbonyl (C=O) groups is 1. The molecule has 0 radical (unpaired) electrons. The summed E-state index contributed by atoms with van der Waals surface area (Å²) in [6, 6.07) is 13.9. The van der Waals surface area contributed by atoms with E-state index in [0.29, 0.717) is 66.7 Å². The van der Waals surface area contributed by atoms with Gasteiger partial charge in [0.2, 0.25) is 0 Å². The first-order chi connectivity index (χ1) is 17.8. The standard InChI is InChI=1S/C28H33N3O5S/c1-30(19-25(32)21-7-10-26-27(15-21)36-13-12-35-26)28-22-5-6-23(28)18-31(17-22)11-2-14-37(33,34)24-8-3-20(16-29)4-9-24/h3-4,7-10,15,22-23,28H,2,5-6,11-14,17-19H2,1H3. The van der Waals surface area contributed by atoms with E-state index < -0.39 is 9.84 Å². The highest BCUT2D eigenvalue weighted by molar-refractivity contribution is 7.91. The molecule has 196 valence electrons. The Morgan fingerprint density at radius 3 is 2.41 bits per heavy atom. The van der Waals surface area contributed by atoms with Crippen molar-refractivity contribution in [3.8, 4) is 17.6 Å². The van der Waals surface area contributed by atoms with Crippen LogP contribution in [0.2, 0.25) is 0 Å². The number of benzene rings is 2. The summed E-state index contributed by atoms with van der Waals surface area (Å²) < 4.78 is 36.6. The number of nitriles is 1. The number of likely N-dealkylation sites (N-methyl/N-ethyl adjacent to an activating group) is 1. The fourth-order valence-electron chi connectivity index (χ4n) is 6.17. The lowest BCUT2D eigenvalue weighted by atomic mass is 9.90. The molecular weight excluding hydrogens is 490 g/mol. The second-order valence-electron chi connectivity index (χ2n) is 10.4. The van der Waals surface area contributed by atoms with Crippen molar-refractivity contribution < 1.29 is 22.7 Å². The lowest BCUT2D eigenvalue weighted by molar-refractivity contribution is 0.0569. The maximum atomic E-state index is 13.0. The van der Waals surface area contributed by atoms with Crippen LogP contribution >= 0.6 is 0 Å². The van der Waals surface area contributed by atoms with Crippen molar-refractivity contribution in [2.24, 2.45) is 11.8 Å². The SMILES string of the molecule is CN(CC(=O)c1ccc2c(c1)OCCO2)C1C2CCC1CN(CCCS(=O)(=O)c1ccc(C#N)cc1)C2. The first kappa shape index (κ1) is 25.7. The Bertz CT molecular complexity index is 1270. The van der Waals surface area contributed by atoms with E-state index in [2.05, 4.69) is 9.80 Å². The Hall–Kier alpha value is -2.93. The number of likely N-dealkylation sites (tertiary alicyclic amines) is 1. The molecule has 0 spiro atoms. The van der Waals surface area contributed by atoms with Gasteiger partial charge in [0.1, 0.15) is 13.2 Å². The molecule has 37 heavy (non-hydrogen) atoms. The quantitative estimate of drug-likeness (QED) is 0.463. The van der Waals surface area contributed by atoms with Crippen molar-refractivity contribution >= 4 is 15.6 Å². The van der Waals surface area contributed by atoms with E-state index in [1.54, 1.807) is 18.2 Å². The second kappa shape index (κ2) is 10.8. The zero-order valence-electron chi connectivity index (χ0n) is 21.1. The summed E-state index contributed by atoms with van der Waals surface area (Å²) in [6.07, 6.45) is 2.85. The number of nitrogens with zero attached hydrogens (tertiary/aromatic N) is 3. The third kappa shape index (κ3) is 5.66. The predicted octanol–water partition coefficient (Wildman–Crippen LogP) is 3.02. The largest absolute Gasteiger partial charge is 0.486 e. The van der Waals surface area contributed by atoms with E-state index in [0.717, 1.165) is 32.5 Å². The van der Waals surface area contributed by atoms with E-state index in [1.807, 2.05) is 25.2 Å². The van der Waals surface area contributed by atoms with Crippen LogP contribution in [0.25, 0.3) is 0 Å². The first-order valence-corrected chi connectivity index (χ1v) is 14.6. The lowest BCUT2D eigenvalue weighted by Gasteiger charge is -2.42. The fourth-order valence-corrected chi connectivity index (χ4v) is 7.46. The molecule has 0 amide bonds. The van der Waals surface area contributed by atoms with Gasteiger partial charge in [0.05, 0.1) is 28.8 Å². The summed E-state index contributed by atoms with van der Waals surface area (Å²) in [5.41, 5.74) is 1.10. The molecular formula is C28H33N3O5S. The Labute approximate surface area is 218 Å². The van der Waals surface area contributed by atoms with Crippen LogP contribution in [0.15, 0.2) is 47.4 Å². The van der Waals surface area contributed by atoms with Crippen molar-refractivity contribution in [3.63, 3.8) is 0 Å². The minimum absolute atomic E-state index is 0.0781. The Morgan fingerprint density at radius 2 is 1.73 bits per heavy atom. The molecule has 5 rings (SSSR count). The van der Waals surface area contributed by atoms with Gasteiger partial charge in [-0.1, -0.05) is 0 Å². The van der Waals surface area contributed by atoms with Gasteiger partial charge in [-0.25, -0.2) is 8.42 Å². The van der Waals surface area contributed by atoms with Gasteiger partial charge in [0, 0.05) is 24.7 Å². The minimum atomic E-state index is -3.37. The van der Waals surface area contributed by atoms with Crippen molar-refractivity contribution in [3.05, 3.63) is 53.6 Å². The lowest BCUT2D eigenvalue weighted by Crippen LogP contribution is -2.52. The maximum absolute atomic E-state index is 13.0. The van der Waals surface area contributed by atoms with E-state index in [-0.39, 0.29) is 16.4 Å². The summed E-state index contributed by atoms with van der Waals surface area (Å²) in [4.78, 5) is 17.9. The smallest absolute Gasteiger partial charge is 0.178 e. The van der Waals surface area contributed by atoms with Crippen molar-refractivity contribution in [1.29, 1.82) is 5.26 Å². The highest BCUT2D eigenvalue weighted by Crippen LogP contribution is 2.40. The number of Topliss-reactive ketones (excluding diaryl/α,β-unsaturated/α-hetero) is 1. The monoisotopic (exact) mass is 523 g/mol. The average Bonchev–Trinajstić information content (AvgIpc) is 3.18. The van der Waals surface area contributed by atoms with Crippen LogP contribution in [-0.4, -0.2) is 82.2 Å². The van der Waals surface area contributed by atoms with E-state index in [1.165, 1.54) is 12.1 Å². The molecule has 2 bridgehead atoms. The molecule has 9 heteroatoms. The van der Waals surface area contributed by atoms with Gasteiger partial charge in [-0.05, 0) is 87.2 Å². The number of carbonyl (C=O) groups excluding carboxylic acids is 1. The van der Waals surface area contributed by atoms with Crippen LogP contribution in [0.3, 0.4) is 0 Å². The highest BCUT2D eigenvalue weighted by Gasteiger charge is 2.44. The molecule has 2 aromatic carbocycles. The van der Waals surface area contributed by atoms with Crippen molar-refractivity contribution in [2.75, 3.05) is 52.2 Å². The van der Waals surface area contributed by atoms with Crippen LogP contribution in [0, 0.1) is 23.2 Å². The van der Waals surface area contributed by atoms with Gasteiger partial charge in [0.25, 0.3) is 0 Å². The number of ether oxygens (including phenoxy) is 2. The number of rotatable bonds is 9. The van der Waals surface area contributed by atoms with Crippen LogP contribution in [0.4, 0.5) is 0 Å². The molecule has 1 saturated carbocycles. The highest BCUT2D eigenvalue weighted by atomic mass is 32.2. The van der Waals surface area contributed by atoms with Crippen molar-refractivity contribution in [1.82, 2.24) is 9.80 Å². The number of sulfone groups is 1. The molecule has 2 heterocycles.